The second-order valence-corrected chi connectivity index (χ2v) is 3.27. The Bertz CT molecular complexity index is 428. The molecule has 0 radical (unpaired) electrons. The third kappa shape index (κ3) is 2.63. The normalized spacial score (nSPS) is 13.9. The molecule has 0 aliphatic heterocycles. The summed E-state index contributed by atoms with van der Waals surface area (Å²) in [6.45, 7) is 0. The van der Waals surface area contributed by atoms with Crippen LogP contribution in [0.25, 0.3) is 0 Å². The molecule has 4 nitrogen and oxygen atoms in total. The number of rotatable bonds is 4. The molecule has 0 heterocycles. The highest BCUT2D eigenvalue weighted by atomic mass is 19.1. The zero-order valence-corrected chi connectivity index (χ0v) is 8.30. The molecule has 0 aromatic heterocycles. The van der Waals surface area contributed by atoms with Crippen LogP contribution < -0.4 is 0 Å². The van der Waals surface area contributed by atoms with Gasteiger partial charge in [0.25, 0.3) is 0 Å². The minimum atomic E-state index is -1.37. The Labute approximate surface area is 91.6 Å². The van der Waals surface area contributed by atoms with Gasteiger partial charge in [0.15, 0.2) is 6.29 Å². The Hall–Kier alpha value is -1.77. The first kappa shape index (κ1) is 12.3. The van der Waals surface area contributed by atoms with Crippen LogP contribution in [0.2, 0.25) is 0 Å². The van der Waals surface area contributed by atoms with Gasteiger partial charge in [0.1, 0.15) is 11.9 Å². The molecule has 0 saturated carbocycles. The average Bonchev–Trinajstić information content (AvgIpc) is 2.28. The fourth-order valence-electron chi connectivity index (χ4n) is 1.33. The Morgan fingerprint density at radius 1 is 1.50 bits per heavy atom. The van der Waals surface area contributed by atoms with Gasteiger partial charge in [-0.2, -0.15) is 5.26 Å². The zero-order chi connectivity index (χ0) is 12.1. The lowest BCUT2D eigenvalue weighted by atomic mass is 9.98. The van der Waals surface area contributed by atoms with E-state index in [4.69, 9.17) is 5.26 Å². The minimum Gasteiger partial charge on any atom is -0.389 e. The van der Waals surface area contributed by atoms with Gasteiger partial charge in [-0.05, 0) is 17.7 Å². The molecule has 1 aromatic carbocycles. The van der Waals surface area contributed by atoms with Gasteiger partial charge in [0.2, 0.25) is 0 Å². The van der Waals surface area contributed by atoms with E-state index in [0.29, 0.717) is 6.29 Å². The highest BCUT2D eigenvalue weighted by molar-refractivity contribution is 5.77. The number of hydrogen-bond donors (Lipinski definition) is 2. The summed E-state index contributed by atoms with van der Waals surface area (Å²) in [5.74, 6) is -0.604. The molecular weight excluding hydrogens is 213 g/mol. The molecule has 84 valence electrons. The molecule has 0 spiro atoms. The van der Waals surface area contributed by atoms with Crippen molar-refractivity contribution in [1.29, 1.82) is 5.26 Å². The smallest absolute Gasteiger partial charge is 0.150 e. The summed E-state index contributed by atoms with van der Waals surface area (Å²) in [5.41, 5.74) is 0.0728. The highest BCUT2D eigenvalue weighted by Crippen LogP contribution is 2.22. The third-order valence-corrected chi connectivity index (χ3v) is 2.16. The number of carbonyl (C=O) groups excluding carboxylic acids is 1. The van der Waals surface area contributed by atoms with Crippen LogP contribution in [-0.2, 0) is 0 Å². The molecule has 1 rings (SSSR count). The van der Waals surface area contributed by atoms with E-state index < -0.39 is 18.0 Å². The molecule has 0 aliphatic carbocycles. The first-order chi connectivity index (χ1) is 7.60. The molecule has 2 unspecified atom stereocenters. The van der Waals surface area contributed by atoms with E-state index in [1.54, 1.807) is 6.07 Å². The number of nitrogens with zero attached hydrogens (tertiary/aromatic N) is 1. The van der Waals surface area contributed by atoms with Crippen LogP contribution >= 0.6 is 0 Å². The maximum atomic E-state index is 12.8. The second kappa shape index (κ2) is 5.35. The van der Waals surface area contributed by atoms with Crippen molar-refractivity contribution in [3.63, 3.8) is 0 Å². The molecule has 1 aromatic rings. The lowest BCUT2D eigenvalue weighted by Crippen LogP contribution is -2.18. The largest absolute Gasteiger partial charge is 0.389 e. The van der Waals surface area contributed by atoms with Gasteiger partial charge in [-0.15, -0.1) is 0 Å². The van der Waals surface area contributed by atoms with E-state index in [2.05, 4.69) is 0 Å². The summed E-state index contributed by atoms with van der Waals surface area (Å²) in [7, 11) is 0. The average molecular weight is 223 g/mol. The maximum Gasteiger partial charge on any atom is 0.150 e. The number of benzene rings is 1. The van der Waals surface area contributed by atoms with Crippen molar-refractivity contribution < 1.29 is 19.4 Å². The number of halogens is 1. The van der Waals surface area contributed by atoms with Gasteiger partial charge in [-0.25, -0.2) is 4.39 Å². The van der Waals surface area contributed by atoms with Crippen LogP contribution in [0.4, 0.5) is 4.39 Å². The number of aldehydes is 1. The summed E-state index contributed by atoms with van der Waals surface area (Å²) >= 11 is 0. The van der Waals surface area contributed by atoms with E-state index in [9.17, 15) is 19.4 Å². The van der Waals surface area contributed by atoms with Crippen LogP contribution in [0.15, 0.2) is 18.2 Å². The quantitative estimate of drug-likeness (QED) is 0.744. The van der Waals surface area contributed by atoms with E-state index in [1.165, 1.54) is 6.07 Å². The molecule has 2 atom stereocenters. The lowest BCUT2D eigenvalue weighted by molar-refractivity contribution is 0.0212. The highest BCUT2D eigenvalue weighted by Gasteiger charge is 2.20. The van der Waals surface area contributed by atoms with E-state index in [-0.39, 0.29) is 17.5 Å². The molecule has 16 heavy (non-hydrogen) atoms. The van der Waals surface area contributed by atoms with Crippen molar-refractivity contribution in [2.75, 3.05) is 0 Å². The lowest BCUT2D eigenvalue weighted by Gasteiger charge is -2.17. The van der Waals surface area contributed by atoms with Gasteiger partial charge >= 0.3 is 0 Å². The van der Waals surface area contributed by atoms with Crippen molar-refractivity contribution in [1.82, 2.24) is 0 Å². The summed E-state index contributed by atoms with van der Waals surface area (Å²) in [4.78, 5) is 10.6. The Morgan fingerprint density at radius 2 is 2.19 bits per heavy atom. The van der Waals surface area contributed by atoms with Crippen LogP contribution in [0.5, 0.6) is 0 Å². The first-order valence-electron chi connectivity index (χ1n) is 4.58. The molecule has 0 fully saturated rings. The maximum absolute atomic E-state index is 12.8. The van der Waals surface area contributed by atoms with Gasteiger partial charge in [-0.3, -0.25) is 4.79 Å². The predicted octanol–water partition coefficient (Wildman–Crippen LogP) is 0.946. The number of carbonyl (C=O) groups is 1. The summed E-state index contributed by atoms with van der Waals surface area (Å²) in [6.07, 6.45) is -2.55. The molecule has 2 N–H and O–H groups in total. The Morgan fingerprint density at radius 3 is 2.75 bits per heavy atom. The molecule has 0 saturated heterocycles. The molecule has 5 heteroatoms. The van der Waals surface area contributed by atoms with E-state index >= 15 is 0 Å². The van der Waals surface area contributed by atoms with E-state index in [1.807, 2.05) is 0 Å². The number of aliphatic hydroxyl groups excluding tert-OH is 2. The predicted molar refractivity (Wildman–Crippen MR) is 53.0 cm³/mol. The fourth-order valence-corrected chi connectivity index (χ4v) is 1.33. The zero-order valence-electron chi connectivity index (χ0n) is 8.30. The van der Waals surface area contributed by atoms with Crippen molar-refractivity contribution in [2.45, 2.75) is 18.6 Å². The molecular formula is C11H10FNO3. The van der Waals surface area contributed by atoms with Crippen LogP contribution in [0.1, 0.15) is 28.4 Å². The van der Waals surface area contributed by atoms with E-state index in [0.717, 1.165) is 12.1 Å². The molecule has 0 bridgehead atoms. The van der Waals surface area contributed by atoms with Gasteiger partial charge in [0.05, 0.1) is 18.6 Å². The van der Waals surface area contributed by atoms with Crippen molar-refractivity contribution in [3.8, 4) is 6.07 Å². The van der Waals surface area contributed by atoms with Crippen molar-refractivity contribution >= 4 is 6.29 Å². The standard InChI is InChI=1S/C11H10FNO3/c12-8-1-2-9(7(5-8)6-14)11(16)10(15)3-4-13/h1-2,5-6,10-11,15-16H,3H2. The van der Waals surface area contributed by atoms with Crippen molar-refractivity contribution in [3.05, 3.63) is 35.1 Å². The number of aliphatic hydroxyl groups is 2. The minimum absolute atomic E-state index is 0.0375. The van der Waals surface area contributed by atoms with Gasteiger partial charge in [0, 0.05) is 5.56 Å². The monoisotopic (exact) mass is 223 g/mol. The van der Waals surface area contributed by atoms with Crippen LogP contribution in [0.3, 0.4) is 0 Å². The Kier molecular flexibility index (Phi) is 4.11. The number of nitriles is 1. The van der Waals surface area contributed by atoms with Crippen LogP contribution in [0, 0.1) is 17.1 Å². The van der Waals surface area contributed by atoms with Crippen molar-refractivity contribution in [2.24, 2.45) is 0 Å². The molecule has 0 aliphatic rings. The topological polar surface area (TPSA) is 81.3 Å². The fraction of sp³-hybridized carbons (Fsp3) is 0.273. The summed E-state index contributed by atoms with van der Waals surface area (Å²) < 4.78 is 12.8. The Balaban J connectivity index is 3.03. The second-order valence-electron chi connectivity index (χ2n) is 3.27. The van der Waals surface area contributed by atoms with Gasteiger partial charge < -0.3 is 10.2 Å². The first-order valence-corrected chi connectivity index (χ1v) is 4.58. The molecule has 0 amide bonds. The number of hydrogen-bond acceptors (Lipinski definition) is 4. The SMILES string of the molecule is N#CCC(O)C(O)c1ccc(F)cc1C=O. The summed E-state index contributed by atoms with van der Waals surface area (Å²) in [5, 5.41) is 27.4. The third-order valence-electron chi connectivity index (χ3n) is 2.16. The summed E-state index contributed by atoms with van der Waals surface area (Å²) in [6, 6.07) is 4.94. The van der Waals surface area contributed by atoms with Gasteiger partial charge in [-0.1, -0.05) is 6.07 Å². The van der Waals surface area contributed by atoms with Crippen LogP contribution in [-0.4, -0.2) is 22.6 Å².